The van der Waals surface area contributed by atoms with Gasteiger partial charge in [0.2, 0.25) is 0 Å². The summed E-state index contributed by atoms with van der Waals surface area (Å²) in [6, 6.07) is 4.52. The number of benzene rings is 1. The van der Waals surface area contributed by atoms with Crippen molar-refractivity contribution in [3.63, 3.8) is 0 Å². The Labute approximate surface area is 137 Å². The number of ether oxygens (including phenoxy) is 2. The number of nitrogens with one attached hydrogen (secondary N) is 2. The molecule has 0 aliphatic carbocycles. The Hall–Kier alpha value is -2.71. The van der Waals surface area contributed by atoms with Gasteiger partial charge in [0.15, 0.2) is 6.61 Å². The SMILES string of the molecule is CCCCNC(=O)NC(=O)COC(=O)c1ccccc1OC(F)F. The molecule has 1 aromatic rings. The van der Waals surface area contributed by atoms with Crippen LogP contribution in [0.4, 0.5) is 13.6 Å². The summed E-state index contributed by atoms with van der Waals surface area (Å²) in [6.45, 7) is -1.48. The van der Waals surface area contributed by atoms with Crippen LogP contribution in [0.3, 0.4) is 0 Å². The first-order valence-electron chi connectivity index (χ1n) is 7.22. The van der Waals surface area contributed by atoms with Crippen LogP contribution in [0.2, 0.25) is 0 Å². The van der Waals surface area contributed by atoms with Crippen molar-refractivity contribution in [2.24, 2.45) is 0 Å². The molecule has 0 bridgehead atoms. The molecule has 0 unspecified atom stereocenters. The van der Waals surface area contributed by atoms with E-state index in [-0.39, 0.29) is 11.3 Å². The summed E-state index contributed by atoms with van der Waals surface area (Å²) in [5.41, 5.74) is -0.252. The van der Waals surface area contributed by atoms with Gasteiger partial charge in [-0.3, -0.25) is 10.1 Å². The second-order valence-corrected chi connectivity index (χ2v) is 4.61. The van der Waals surface area contributed by atoms with Gasteiger partial charge in [0.1, 0.15) is 11.3 Å². The summed E-state index contributed by atoms with van der Waals surface area (Å²) >= 11 is 0. The lowest BCUT2D eigenvalue weighted by atomic mass is 10.2. The second-order valence-electron chi connectivity index (χ2n) is 4.61. The first kappa shape index (κ1) is 19.3. The van der Waals surface area contributed by atoms with Gasteiger partial charge in [-0.15, -0.1) is 0 Å². The predicted molar refractivity (Wildman–Crippen MR) is 79.8 cm³/mol. The Morgan fingerprint density at radius 3 is 2.58 bits per heavy atom. The van der Waals surface area contributed by atoms with Gasteiger partial charge in [0, 0.05) is 6.54 Å². The summed E-state index contributed by atoms with van der Waals surface area (Å²) in [5, 5.41) is 4.42. The molecule has 9 heteroatoms. The Morgan fingerprint density at radius 1 is 1.21 bits per heavy atom. The maximum absolute atomic E-state index is 12.3. The average Bonchev–Trinajstić information content (AvgIpc) is 2.53. The Bertz CT molecular complexity index is 581. The lowest BCUT2D eigenvalue weighted by Gasteiger charge is -2.10. The number of unbranched alkanes of at least 4 members (excludes halogenated alkanes) is 1. The molecule has 0 spiro atoms. The van der Waals surface area contributed by atoms with Crippen molar-refractivity contribution in [3.05, 3.63) is 29.8 Å². The molecule has 3 amide bonds. The van der Waals surface area contributed by atoms with Crippen LogP contribution in [0, 0.1) is 0 Å². The zero-order valence-corrected chi connectivity index (χ0v) is 13.0. The van der Waals surface area contributed by atoms with Gasteiger partial charge in [-0.2, -0.15) is 8.78 Å². The van der Waals surface area contributed by atoms with E-state index in [1.165, 1.54) is 24.3 Å². The molecular formula is C15H18F2N2O5. The zero-order chi connectivity index (χ0) is 17.9. The summed E-state index contributed by atoms with van der Waals surface area (Å²) in [7, 11) is 0. The molecule has 0 heterocycles. The highest BCUT2D eigenvalue weighted by Crippen LogP contribution is 2.20. The van der Waals surface area contributed by atoms with E-state index in [1.54, 1.807) is 0 Å². The van der Waals surface area contributed by atoms with Crippen LogP contribution in [0.25, 0.3) is 0 Å². The lowest BCUT2D eigenvalue weighted by Crippen LogP contribution is -2.41. The fourth-order valence-corrected chi connectivity index (χ4v) is 1.63. The van der Waals surface area contributed by atoms with Crippen LogP contribution in [0.1, 0.15) is 30.1 Å². The molecule has 132 valence electrons. The largest absolute Gasteiger partial charge is 0.452 e. The Balaban J connectivity index is 2.48. The molecule has 24 heavy (non-hydrogen) atoms. The number of carbonyl (C=O) groups is 3. The Morgan fingerprint density at radius 2 is 1.92 bits per heavy atom. The number of hydrogen-bond acceptors (Lipinski definition) is 5. The number of halogens is 2. The van der Waals surface area contributed by atoms with Crippen molar-refractivity contribution >= 4 is 17.9 Å². The first-order chi connectivity index (χ1) is 11.4. The highest BCUT2D eigenvalue weighted by atomic mass is 19.3. The van der Waals surface area contributed by atoms with Gasteiger partial charge < -0.3 is 14.8 Å². The quantitative estimate of drug-likeness (QED) is 0.556. The van der Waals surface area contributed by atoms with E-state index >= 15 is 0 Å². The lowest BCUT2D eigenvalue weighted by molar-refractivity contribution is -0.123. The van der Waals surface area contributed by atoms with E-state index in [1.807, 2.05) is 12.2 Å². The van der Waals surface area contributed by atoms with Gasteiger partial charge in [0.05, 0.1) is 0 Å². The zero-order valence-electron chi connectivity index (χ0n) is 13.0. The number of carbonyl (C=O) groups excluding carboxylic acids is 3. The van der Waals surface area contributed by atoms with Crippen molar-refractivity contribution in [1.29, 1.82) is 0 Å². The van der Waals surface area contributed by atoms with Crippen molar-refractivity contribution in [2.45, 2.75) is 26.4 Å². The minimum Gasteiger partial charge on any atom is -0.452 e. The number of rotatable bonds is 8. The number of urea groups is 1. The molecule has 7 nitrogen and oxygen atoms in total. The number of esters is 1. The number of hydrogen-bond donors (Lipinski definition) is 2. The van der Waals surface area contributed by atoms with Crippen LogP contribution < -0.4 is 15.4 Å². The summed E-state index contributed by atoms with van der Waals surface area (Å²) in [5.74, 6) is -2.23. The topological polar surface area (TPSA) is 93.7 Å². The number of imide groups is 1. The average molecular weight is 344 g/mol. The maximum atomic E-state index is 12.3. The van der Waals surface area contributed by atoms with Crippen LogP contribution in [-0.2, 0) is 9.53 Å². The fourth-order valence-electron chi connectivity index (χ4n) is 1.63. The monoisotopic (exact) mass is 344 g/mol. The molecular weight excluding hydrogens is 326 g/mol. The van der Waals surface area contributed by atoms with Crippen LogP contribution in [0.15, 0.2) is 24.3 Å². The van der Waals surface area contributed by atoms with E-state index < -0.39 is 31.1 Å². The van der Waals surface area contributed by atoms with Gasteiger partial charge in [-0.25, -0.2) is 9.59 Å². The Kier molecular flexibility index (Phi) is 8.17. The van der Waals surface area contributed by atoms with Crippen molar-refractivity contribution in [1.82, 2.24) is 10.6 Å². The number of para-hydroxylation sites is 1. The third-order valence-corrected chi connectivity index (χ3v) is 2.73. The highest BCUT2D eigenvalue weighted by molar-refractivity contribution is 5.97. The van der Waals surface area contributed by atoms with Crippen molar-refractivity contribution in [2.75, 3.05) is 13.2 Å². The molecule has 0 saturated carbocycles. The van der Waals surface area contributed by atoms with Crippen molar-refractivity contribution < 1.29 is 32.6 Å². The standard InChI is InChI=1S/C15H18F2N2O5/c1-2-3-8-18-15(22)19-12(20)9-23-13(21)10-6-4-5-7-11(10)24-14(16)17/h4-7,14H,2-3,8-9H2,1H3,(H2,18,19,20,22). The molecule has 1 aromatic carbocycles. The van der Waals surface area contributed by atoms with E-state index in [0.717, 1.165) is 12.8 Å². The van der Waals surface area contributed by atoms with Crippen LogP contribution >= 0.6 is 0 Å². The molecule has 1 rings (SSSR count). The minimum absolute atomic E-state index is 0.252. The normalized spacial score (nSPS) is 10.2. The van der Waals surface area contributed by atoms with E-state index in [0.29, 0.717) is 6.54 Å². The third-order valence-electron chi connectivity index (χ3n) is 2.73. The summed E-state index contributed by atoms with van der Waals surface area (Å²) in [6.07, 6.45) is 1.64. The maximum Gasteiger partial charge on any atom is 0.387 e. The second kappa shape index (κ2) is 10.1. The number of alkyl halides is 2. The van der Waals surface area contributed by atoms with Crippen LogP contribution in [0.5, 0.6) is 5.75 Å². The fraction of sp³-hybridized carbons (Fsp3) is 0.400. The minimum atomic E-state index is -3.10. The van der Waals surface area contributed by atoms with Gasteiger partial charge in [0.25, 0.3) is 5.91 Å². The molecule has 0 aromatic heterocycles. The molecule has 0 radical (unpaired) electrons. The molecule has 0 aliphatic rings. The highest BCUT2D eigenvalue weighted by Gasteiger charge is 2.18. The summed E-state index contributed by atoms with van der Waals surface area (Å²) < 4.78 is 33.4. The third kappa shape index (κ3) is 7.03. The van der Waals surface area contributed by atoms with Gasteiger partial charge in [-0.05, 0) is 18.6 Å². The van der Waals surface area contributed by atoms with Gasteiger partial charge >= 0.3 is 18.6 Å². The predicted octanol–water partition coefficient (Wildman–Crippen LogP) is 2.07. The van der Waals surface area contributed by atoms with Crippen molar-refractivity contribution in [3.8, 4) is 5.75 Å². The van der Waals surface area contributed by atoms with Crippen LogP contribution in [-0.4, -0.2) is 37.7 Å². The number of amides is 3. The first-order valence-corrected chi connectivity index (χ1v) is 7.22. The van der Waals surface area contributed by atoms with E-state index in [2.05, 4.69) is 14.8 Å². The van der Waals surface area contributed by atoms with E-state index in [9.17, 15) is 23.2 Å². The molecule has 0 aliphatic heterocycles. The molecule has 0 saturated heterocycles. The van der Waals surface area contributed by atoms with E-state index in [4.69, 9.17) is 0 Å². The smallest absolute Gasteiger partial charge is 0.387 e. The summed E-state index contributed by atoms with van der Waals surface area (Å²) in [4.78, 5) is 34.6. The molecule has 2 N–H and O–H groups in total. The molecule has 0 atom stereocenters. The molecule has 0 fully saturated rings. The van der Waals surface area contributed by atoms with Gasteiger partial charge in [-0.1, -0.05) is 25.5 Å².